The van der Waals surface area contributed by atoms with Gasteiger partial charge in [0.25, 0.3) is 0 Å². The normalized spacial score (nSPS) is 11.2. The molecule has 1 heterocycles. The molecule has 0 aliphatic rings. The van der Waals surface area contributed by atoms with Crippen LogP contribution in [0.2, 0.25) is 0 Å². The Hall–Kier alpha value is -2.08. The van der Waals surface area contributed by atoms with Crippen LogP contribution in [0, 0.1) is 29.1 Å². The van der Waals surface area contributed by atoms with Crippen LogP contribution in [0.15, 0.2) is 30.3 Å². The Kier molecular flexibility index (Phi) is 2.90. The highest BCUT2D eigenvalue weighted by atomic mass is 32.1. The first-order chi connectivity index (χ1) is 9.45. The number of aromatic nitrogens is 2. The van der Waals surface area contributed by atoms with E-state index in [0.29, 0.717) is 11.3 Å². The van der Waals surface area contributed by atoms with Gasteiger partial charge in [-0.3, -0.25) is 4.57 Å². The van der Waals surface area contributed by atoms with Crippen LogP contribution in [0.25, 0.3) is 16.7 Å². The number of hydrogen-bond donors (Lipinski definition) is 1. The Balaban J connectivity index is 2.41. The Morgan fingerprint density at radius 1 is 1.00 bits per heavy atom. The number of benzene rings is 2. The van der Waals surface area contributed by atoms with E-state index >= 15 is 0 Å². The summed E-state index contributed by atoms with van der Waals surface area (Å²) in [5.74, 6) is -1.89. The Bertz CT molecular complexity index is 860. The molecule has 6 heteroatoms. The molecule has 0 radical (unpaired) electrons. The molecule has 102 valence electrons. The fourth-order valence-electron chi connectivity index (χ4n) is 2.23. The number of fused-ring (bicyclic) bond motifs is 1. The van der Waals surface area contributed by atoms with Gasteiger partial charge in [0, 0.05) is 12.1 Å². The first kappa shape index (κ1) is 12.9. The second kappa shape index (κ2) is 4.49. The monoisotopic (exact) mass is 294 g/mol. The van der Waals surface area contributed by atoms with Gasteiger partial charge >= 0.3 is 0 Å². The van der Waals surface area contributed by atoms with Crippen LogP contribution >= 0.6 is 12.2 Å². The molecule has 0 aliphatic heterocycles. The SMILES string of the molecule is Cc1cc(F)cc(-n2c(=S)[nH]c3c(F)cc(F)cc32)c1. The third-order valence-electron chi connectivity index (χ3n) is 3.00. The summed E-state index contributed by atoms with van der Waals surface area (Å²) in [6, 6.07) is 6.25. The molecule has 0 unspecified atom stereocenters. The van der Waals surface area contributed by atoms with E-state index < -0.39 is 17.5 Å². The third-order valence-corrected chi connectivity index (χ3v) is 3.28. The van der Waals surface area contributed by atoms with E-state index in [9.17, 15) is 13.2 Å². The van der Waals surface area contributed by atoms with E-state index in [1.807, 2.05) is 0 Å². The first-order valence-corrected chi connectivity index (χ1v) is 6.24. The van der Waals surface area contributed by atoms with Crippen molar-refractivity contribution >= 4 is 23.3 Å². The van der Waals surface area contributed by atoms with Gasteiger partial charge in [-0.1, -0.05) is 0 Å². The molecule has 0 saturated carbocycles. The molecule has 3 rings (SSSR count). The van der Waals surface area contributed by atoms with Crippen molar-refractivity contribution in [3.63, 3.8) is 0 Å². The highest BCUT2D eigenvalue weighted by Gasteiger charge is 2.13. The molecule has 0 fully saturated rings. The van der Waals surface area contributed by atoms with Gasteiger partial charge < -0.3 is 4.98 Å². The number of rotatable bonds is 1. The minimum Gasteiger partial charge on any atom is -0.328 e. The summed E-state index contributed by atoms with van der Waals surface area (Å²) in [6.45, 7) is 1.73. The molecule has 0 saturated heterocycles. The summed E-state index contributed by atoms with van der Waals surface area (Å²) in [5.41, 5.74) is 1.44. The number of imidazole rings is 1. The molecule has 2 aromatic carbocycles. The molecule has 0 amide bonds. The van der Waals surface area contributed by atoms with Crippen LogP contribution in [0.4, 0.5) is 13.2 Å². The van der Waals surface area contributed by atoms with Gasteiger partial charge in [-0.05, 0) is 42.9 Å². The lowest BCUT2D eigenvalue weighted by molar-refractivity contribution is 0.590. The summed E-state index contributed by atoms with van der Waals surface area (Å²) < 4.78 is 42.2. The van der Waals surface area contributed by atoms with Crippen molar-refractivity contribution in [3.05, 3.63) is 58.1 Å². The second-order valence-corrected chi connectivity index (χ2v) is 4.92. The van der Waals surface area contributed by atoms with Crippen molar-refractivity contribution in [2.45, 2.75) is 6.92 Å². The summed E-state index contributed by atoms with van der Waals surface area (Å²) in [6.07, 6.45) is 0. The number of nitrogens with one attached hydrogen (secondary N) is 1. The summed E-state index contributed by atoms with van der Waals surface area (Å²) in [7, 11) is 0. The number of H-pyrrole nitrogens is 1. The van der Waals surface area contributed by atoms with Crippen molar-refractivity contribution in [2.24, 2.45) is 0 Å². The van der Waals surface area contributed by atoms with E-state index in [-0.39, 0.29) is 15.8 Å². The van der Waals surface area contributed by atoms with Gasteiger partial charge in [0.2, 0.25) is 0 Å². The lowest BCUT2D eigenvalue weighted by Crippen LogP contribution is -1.96. The van der Waals surface area contributed by atoms with Gasteiger partial charge in [0.05, 0.1) is 11.2 Å². The van der Waals surface area contributed by atoms with Crippen molar-refractivity contribution in [3.8, 4) is 5.69 Å². The number of nitrogens with zero attached hydrogens (tertiary/aromatic N) is 1. The molecule has 0 bridgehead atoms. The molecule has 1 aromatic heterocycles. The van der Waals surface area contributed by atoms with Gasteiger partial charge in [-0.15, -0.1) is 0 Å². The molecule has 0 aliphatic carbocycles. The topological polar surface area (TPSA) is 20.7 Å². The number of aromatic amines is 1. The fourth-order valence-corrected chi connectivity index (χ4v) is 2.54. The van der Waals surface area contributed by atoms with Gasteiger partial charge in [-0.2, -0.15) is 0 Å². The summed E-state index contributed by atoms with van der Waals surface area (Å²) in [4.78, 5) is 2.67. The van der Waals surface area contributed by atoms with Crippen molar-refractivity contribution in [1.29, 1.82) is 0 Å². The summed E-state index contributed by atoms with van der Waals surface area (Å²) in [5, 5.41) is 0. The zero-order chi connectivity index (χ0) is 14.4. The first-order valence-electron chi connectivity index (χ1n) is 5.83. The number of halogens is 3. The maximum atomic E-state index is 13.7. The van der Waals surface area contributed by atoms with Crippen molar-refractivity contribution < 1.29 is 13.2 Å². The van der Waals surface area contributed by atoms with Crippen LogP contribution in [0.5, 0.6) is 0 Å². The van der Waals surface area contributed by atoms with Crippen LogP contribution in [0.3, 0.4) is 0 Å². The van der Waals surface area contributed by atoms with Crippen LogP contribution in [-0.2, 0) is 0 Å². The predicted molar refractivity (Wildman–Crippen MR) is 73.1 cm³/mol. The Morgan fingerprint density at radius 2 is 1.70 bits per heavy atom. The van der Waals surface area contributed by atoms with E-state index in [4.69, 9.17) is 12.2 Å². The van der Waals surface area contributed by atoms with Gasteiger partial charge in [0.15, 0.2) is 10.6 Å². The molecular weight excluding hydrogens is 285 g/mol. The van der Waals surface area contributed by atoms with E-state index in [0.717, 1.165) is 12.1 Å². The van der Waals surface area contributed by atoms with Gasteiger partial charge in [0.1, 0.15) is 17.2 Å². The Labute approximate surface area is 117 Å². The Morgan fingerprint density at radius 3 is 2.40 bits per heavy atom. The van der Waals surface area contributed by atoms with Crippen molar-refractivity contribution in [2.75, 3.05) is 0 Å². The molecule has 0 atom stereocenters. The average molecular weight is 294 g/mol. The maximum Gasteiger partial charge on any atom is 0.182 e. The average Bonchev–Trinajstić information content (AvgIpc) is 2.64. The van der Waals surface area contributed by atoms with Crippen LogP contribution in [0.1, 0.15) is 5.56 Å². The minimum atomic E-state index is -0.738. The molecular formula is C14H9F3N2S. The lowest BCUT2D eigenvalue weighted by atomic mass is 10.2. The van der Waals surface area contributed by atoms with E-state index in [2.05, 4.69) is 4.98 Å². The second-order valence-electron chi connectivity index (χ2n) is 4.53. The van der Waals surface area contributed by atoms with Gasteiger partial charge in [-0.25, -0.2) is 13.2 Å². The molecule has 2 nitrogen and oxygen atoms in total. The minimum absolute atomic E-state index is 0.0957. The van der Waals surface area contributed by atoms with E-state index in [1.165, 1.54) is 16.7 Å². The highest BCUT2D eigenvalue weighted by molar-refractivity contribution is 7.71. The van der Waals surface area contributed by atoms with Crippen LogP contribution in [-0.4, -0.2) is 9.55 Å². The maximum absolute atomic E-state index is 13.7. The predicted octanol–water partition coefficient (Wildman–Crippen LogP) is 4.41. The largest absolute Gasteiger partial charge is 0.328 e. The van der Waals surface area contributed by atoms with E-state index in [1.54, 1.807) is 13.0 Å². The molecule has 20 heavy (non-hydrogen) atoms. The zero-order valence-corrected chi connectivity index (χ0v) is 11.2. The quantitative estimate of drug-likeness (QED) is 0.659. The standard InChI is InChI=1S/C14H9F3N2S/c1-7-2-8(15)4-10(3-7)19-12-6-9(16)5-11(17)13(12)18-14(19)20/h2-6H,1H3,(H,18,20). The smallest absolute Gasteiger partial charge is 0.182 e. The van der Waals surface area contributed by atoms with Crippen molar-refractivity contribution in [1.82, 2.24) is 9.55 Å². The molecule has 3 aromatic rings. The lowest BCUT2D eigenvalue weighted by Gasteiger charge is -2.06. The third kappa shape index (κ3) is 2.02. The summed E-state index contributed by atoms with van der Waals surface area (Å²) >= 11 is 5.12. The molecule has 1 N–H and O–H groups in total. The molecule has 0 spiro atoms. The zero-order valence-electron chi connectivity index (χ0n) is 10.4. The fraction of sp³-hybridized carbons (Fsp3) is 0.0714. The number of aryl methyl sites for hydroxylation is 1. The van der Waals surface area contributed by atoms with Crippen LogP contribution < -0.4 is 0 Å². The highest BCUT2D eigenvalue weighted by Crippen LogP contribution is 2.24. The number of hydrogen-bond acceptors (Lipinski definition) is 1.